The number of halogens is 1. The van der Waals surface area contributed by atoms with E-state index in [-0.39, 0.29) is 11.9 Å². The van der Waals surface area contributed by atoms with Crippen LogP contribution in [0.5, 0.6) is 0 Å². The van der Waals surface area contributed by atoms with Gasteiger partial charge >= 0.3 is 11.7 Å². The van der Waals surface area contributed by atoms with Gasteiger partial charge in [0.25, 0.3) is 8.18 Å². The van der Waals surface area contributed by atoms with Gasteiger partial charge in [-0.2, -0.15) is 4.98 Å². The first kappa shape index (κ1) is 23.4. The molecule has 1 unspecified atom stereocenters. The average molecular weight is 436 g/mol. The number of rotatable bonds is 8. The molecule has 6 atom stereocenters. The molecule has 0 aliphatic carbocycles. The molecule has 0 spiro atoms. The fourth-order valence-corrected chi connectivity index (χ4v) is 3.59. The van der Waals surface area contributed by atoms with Crippen molar-refractivity contribution in [1.82, 2.24) is 14.6 Å². The number of ether oxygens (including phenoxy) is 2. The van der Waals surface area contributed by atoms with Crippen LogP contribution < -0.4 is 16.5 Å². The highest BCUT2D eigenvalue weighted by atomic mass is 31.1. The van der Waals surface area contributed by atoms with E-state index < -0.39 is 56.6 Å². The van der Waals surface area contributed by atoms with Gasteiger partial charge in [-0.15, -0.1) is 0 Å². The maximum Gasteiger partial charge on any atom is 0.351 e. The van der Waals surface area contributed by atoms with Crippen LogP contribution in [-0.4, -0.2) is 57.3 Å². The molecule has 0 amide bonds. The quantitative estimate of drug-likeness (QED) is 0.379. The molecule has 1 fully saturated rings. The van der Waals surface area contributed by atoms with Crippen LogP contribution in [-0.2, 0) is 23.4 Å². The minimum atomic E-state index is -2.92. The second kappa shape index (κ2) is 9.31. The first-order valence-corrected chi connectivity index (χ1v) is 10.3. The van der Waals surface area contributed by atoms with Crippen molar-refractivity contribution in [2.24, 2.45) is 0 Å². The van der Waals surface area contributed by atoms with E-state index >= 15 is 4.39 Å². The van der Waals surface area contributed by atoms with E-state index in [1.165, 1.54) is 19.2 Å². The highest BCUT2D eigenvalue weighted by Crippen LogP contribution is 2.41. The predicted molar refractivity (Wildman–Crippen MR) is 101 cm³/mol. The highest BCUT2D eigenvalue weighted by molar-refractivity contribution is 7.36. The number of nitrogens with one attached hydrogen (secondary N) is 1. The summed E-state index contributed by atoms with van der Waals surface area (Å²) >= 11 is 0. The third kappa shape index (κ3) is 5.61. The van der Waals surface area contributed by atoms with Crippen LogP contribution in [0.2, 0.25) is 0 Å². The molecular formula is C16H26FN4O7P. The monoisotopic (exact) mass is 436 g/mol. The summed E-state index contributed by atoms with van der Waals surface area (Å²) in [5, 5.41) is 12.7. The molecule has 2 rings (SSSR count). The minimum absolute atomic E-state index is 0.0416. The summed E-state index contributed by atoms with van der Waals surface area (Å²) in [6.45, 7) is 5.43. The number of carbonyl (C=O) groups excluding carboxylic acids is 1. The van der Waals surface area contributed by atoms with E-state index in [9.17, 15) is 19.3 Å². The number of alkyl halides is 1. The van der Waals surface area contributed by atoms with E-state index in [1.807, 2.05) is 0 Å². The number of nitrogens with two attached hydrogens (primary N) is 1. The van der Waals surface area contributed by atoms with Gasteiger partial charge in [0, 0.05) is 6.20 Å². The molecule has 0 saturated carbocycles. The van der Waals surface area contributed by atoms with Gasteiger partial charge in [0.2, 0.25) is 0 Å². The molecule has 0 aromatic carbocycles. The van der Waals surface area contributed by atoms with Crippen molar-refractivity contribution in [2.45, 2.75) is 63.9 Å². The topological polar surface area (TPSA) is 155 Å². The SMILES string of the molecule is CC(C)OC(=O)[C@H](C)N[PH](=O)OC[C@H]1O[C@@H](n2ccc(N)nc2=O)[C@](C)(F)[C@@H]1O. The highest BCUT2D eigenvalue weighted by Gasteiger charge is 2.55. The fraction of sp³-hybridized carbons (Fsp3) is 0.688. The number of hydrogen-bond donors (Lipinski definition) is 3. The molecule has 1 aromatic heterocycles. The number of aromatic nitrogens is 2. The molecule has 1 saturated heterocycles. The Morgan fingerprint density at radius 3 is 2.79 bits per heavy atom. The maximum absolute atomic E-state index is 15.1. The van der Waals surface area contributed by atoms with Crippen molar-refractivity contribution in [3.05, 3.63) is 22.7 Å². The van der Waals surface area contributed by atoms with Gasteiger partial charge in [0.15, 0.2) is 11.9 Å². The molecule has 13 heteroatoms. The number of esters is 1. The van der Waals surface area contributed by atoms with Crippen molar-refractivity contribution in [3.8, 4) is 0 Å². The summed E-state index contributed by atoms with van der Waals surface area (Å²) in [7, 11) is -2.92. The summed E-state index contributed by atoms with van der Waals surface area (Å²) in [6.07, 6.45) is -3.50. The van der Waals surface area contributed by atoms with Crippen molar-refractivity contribution in [1.29, 1.82) is 0 Å². The Balaban J connectivity index is 1.99. The lowest BCUT2D eigenvalue weighted by atomic mass is 9.98. The van der Waals surface area contributed by atoms with E-state index in [2.05, 4.69) is 10.1 Å². The van der Waals surface area contributed by atoms with Crippen molar-refractivity contribution in [3.63, 3.8) is 0 Å². The van der Waals surface area contributed by atoms with Gasteiger partial charge in [-0.3, -0.25) is 13.9 Å². The van der Waals surface area contributed by atoms with E-state index in [0.717, 1.165) is 11.5 Å². The van der Waals surface area contributed by atoms with Crippen LogP contribution in [0.1, 0.15) is 33.9 Å². The standard InChI is InChI=1S/C16H26FN4O7P/c1-8(2)27-13(23)9(3)20-29(25)26-7-10-12(22)16(4,17)14(28-10)21-6-5-11(18)19-15(21)24/h5-6,8-10,12,14,22,29H,7H2,1-4H3,(H,20,25)(H2,18,19,24)/t9-,10+,12+,14+,16+/m0/s1. The lowest BCUT2D eigenvalue weighted by molar-refractivity contribution is -0.149. The zero-order valence-corrected chi connectivity index (χ0v) is 17.5. The largest absolute Gasteiger partial charge is 0.462 e. The third-order valence-electron chi connectivity index (χ3n) is 4.24. The minimum Gasteiger partial charge on any atom is -0.462 e. The Hall–Kier alpha value is -1.85. The Kier molecular flexibility index (Phi) is 7.52. The lowest BCUT2D eigenvalue weighted by Crippen LogP contribution is -2.43. The number of aliphatic hydroxyl groups is 1. The average Bonchev–Trinajstić information content (AvgIpc) is 2.82. The second-order valence-electron chi connectivity index (χ2n) is 7.12. The van der Waals surface area contributed by atoms with Crippen LogP contribution in [0.3, 0.4) is 0 Å². The van der Waals surface area contributed by atoms with Crippen LogP contribution >= 0.6 is 8.18 Å². The summed E-state index contributed by atoms with van der Waals surface area (Å²) in [5.41, 5.74) is 2.22. The first-order valence-electron chi connectivity index (χ1n) is 8.94. The molecule has 2 heterocycles. The number of carbonyl (C=O) groups is 1. The molecule has 0 radical (unpaired) electrons. The molecule has 29 heavy (non-hydrogen) atoms. The number of hydrogen-bond acceptors (Lipinski definition) is 9. The first-order chi connectivity index (χ1) is 13.4. The van der Waals surface area contributed by atoms with Crippen LogP contribution in [0, 0.1) is 0 Å². The maximum atomic E-state index is 15.1. The molecule has 1 aromatic rings. The zero-order chi connectivity index (χ0) is 21.9. The summed E-state index contributed by atoms with van der Waals surface area (Å²) in [6, 6.07) is 0.397. The van der Waals surface area contributed by atoms with Gasteiger partial charge in [0.1, 0.15) is 24.1 Å². The van der Waals surface area contributed by atoms with E-state index in [4.69, 9.17) is 19.7 Å². The fourth-order valence-electron chi connectivity index (χ4n) is 2.72. The number of anilines is 1. The lowest BCUT2D eigenvalue weighted by Gasteiger charge is -2.24. The van der Waals surface area contributed by atoms with Crippen molar-refractivity contribution >= 4 is 20.0 Å². The Bertz CT molecular complexity index is 819. The van der Waals surface area contributed by atoms with Crippen LogP contribution in [0.15, 0.2) is 17.1 Å². The van der Waals surface area contributed by atoms with Gasteiger partial charge in [-0.1, -0.05) is 0 Å². The van der Waals surface area contributed by atoms with Crippen molar-refractivity contribution < 1.29 is 32.9 Å². The Labute approximate surface area is 167 Å². The smallest absolute Gasteiger partial charge is 0.351 e. The predicted octanol–water partition coefficient (Wildman–Crippen LogP) is 0.148. The zero-order valence-electron chi connectivity index (χ0n) is 16.5. The number of nitrogens with zero attached hydrogens (tertiary/aromatic N) is 2. The Morgan fingerprint density at radius 1 is 1.55 bits per heavy atom. The van der Waals surface area contributed by atoms with Gasteiger partial charge in [-0.05, 0) is 33.8 Å². The number of aliphatic hydroxyl groups excluding tert-OH is 1. The summed E-state index contributed by atoms with van der Waals surface area (Å²) in [5.74, 6) is -0.647. The molecule has 1 aliphatic heterocycles. The summed E-state index contributed by atoms with van der Waals surface area (Å²) in [4.78, 5) is 27.2. The molecule has 0 bridgehead atoms. The third-order valence-corrected chi connectivity index (χ3v) is 5.34. The van der Waals surface area contributed by atoms with Crippen LogP contribution in [0.4, 0.5) is 10.2 Å². The van der Waals surface area contributed by atoms with E-state index in [1.54, 1.807) is 13.8 Å². The molecule has 1 aliphatic rings. The molecule has 4 N–H and O–H groups in total. The number of nitrogen functional groups attached to an aromatic ring is 1. The van der Waals surface area contributed by atoms with Gasteiger partial charge < -0.3 is 24.8 Å². The molecular weight excluding hydrogens is 410 g/mol. The van der Waals surface area contributed by atoms with E-state index in [0.29, 0.717) is 0 Å². The second-order valence-corrected chi connectivity index (χ2v) is 8.27. The normalized spacial score (nSPS) is 29.0. The summed E-state index contributed by atoms with van der Waals surface area (Å²) < 4.78 is 43.5. The Morgan fingerprint density at radius 2 is 2.21 bits per heavy atom. The van der Waals surface area contributed by atoms with Crippen LogP contribution in [0.25, 0.3) is 0 Å². The van der Waals surface area contributed by atoms with Crippen molar-refractivity contribution in [2.75, 3.05) is 12.3 Å². The molecule has 164 valence electrons. The van der Waals surface area contributed by atoms with Gasteiger partial charge in [0.05, 0.1) is 12.7 Å². The van der Waals surface area contributed by atoms with Gasteiger partial charge in [-0.25, -0.2) is 14.3 Å². The molecule has 11 nitrogen and oxygen atoms in total.